The third-order valence-electron chi connectivity index (χ3n) is 12.8. The predicted molar refractivity (Wildman–Crippen MR) is 250 cm³/mol. The molecule has 0 aromatic heterocycles. The number of carboxylic acids is 1. The number of carbonyl (C=O) groups is 3. The average Bonchev–Trinajstić information content (AvgIpc) is 3.28. The van der Waals surface area contributed by atoms with Crippen molar-refractivity contribution in [2.75, 3.05) is 7.11 Å². The number of aromatic carboxylic acids is 1. The molecule has 1 aliphatic heterocycles. The van der Waals surface area contributed by atoms with E-state index in [9.17, 15) is 29.4 Å². The number of aryl methyl sites for hydroxylation is 1. The Hall–Kier alpha value is -4.66. The zero-order valence-corrected chi connectivity index (χ0v) is 41.1. The molecular formula is C51H68BNO10Os. The Kier molecular flexibility index (Phi) is 24.8. The van der Waals surface area contributed by atoms with Crippen LogP contribution in [0.2, 0.25) is 12.1 Å². The van der Waals surface area contributed by atoms with Gasteiger partial charge in [0.1, 0.15) is 7.28 Å². The standard InChI is InChI=1S/C22H32BO5.C9H11N.C9H9O.C7H6O2.C3H6O.CH4O.Os/c1-11-6-7-22(27)9-14-13-10-23-15(13)8-16(25)21(14,5)19(26)18(28-12(2)24)17(11)20(22,3)4;1-2-9(10)8-6-4-3-5-7-8;10-8-4-7-9-5-2-1-3-6-9;8-7(9)6-4-2-1-3-5-6;1-2-3-4;1-2;/h13-16,18,25,27H,6-10H2,1-5H3;2-7H,10H2,1H3;1-3,5-6H,4,7H2;1-5H,(H,8,9);2-4H,1H3;2H,1H3;/q;;-1;;;;+1/b;9-2+;;;3-2+;;. The quantitative estimate of drug-likeness (QED) is 0.0454. The summed E-state index contributed by atoms with van der Waals surface area (Å²) < 4.78 is 5.64. The molecule has 7 unspecified atom stereocenters. The number of Topliss-reactive ketones (excluding diaryl/α,β-unsaturated/α-hetero) is 1. The van der Waals surface area contributed by atoms with E-state index in [-0.39, 0.29) is 31.5 Å². The number of aliphatic hydroxyl groups is 4. The molecule has 3 fully saturated rings. The summed E-state index contributed by atoms with van der Waals surface area (Å²) in [5, 5.41) is 46.0. The summed E-state index contributed by atoms with van der Waals surface area (Å²) in [6.45, 7) is 12.8. The zero-order valence-electron chi connectivity index (χ0n) is 38.5. The SMILES string of the molecule is C/C=C(/N)c1ccccc1.C/C=C/O.CC(=O)OC1C(=O)C2(C)C(O)CC3[B]CC3C2CC2(O)CCC(C)=C1C2(C)C.CO.O=C(O)c1ccccc1.O=[C-]CCc1ccccc1.[Os+]. The van der Waals surface area contributed by atoms with Crippen molar-refractivity contribution < 1.29 is 69.2 Å². The number of hydrogen-bond donors (Lipinski definition) is 6. The van der Waals surface area contributed by atoms with Crippen molar-refractivity contribution >= 4 is 37.0 Å². The van der Waals surface area contributed by atoms with E-state index in [4.69, 9.17) is 25.8 Å². The first kappa shape index (κ1) is 57.4. The maximum atomic E-state index is 14.0. The first-order valence-electron chi connectivity index (χ1n) is 21.4. The van der Waals surface area contributed by atoms with Crippen LogP contribution >= 0.6 is 0 Å². The number of carboxylic acid groups (broad SMARTS) is 1. The second kappa shape index (κ2) is 27.6. The largest absolute Gasteiger partial charge is 1.00 e. The van der Waals surface area contributed by atoms with Gasteiger partial charge in [0.15, 0.2) is 11.9 Å². The van der Waals surface area contributed by atoms with Crippen molar-refractivity contribution in [3.05, 3.63) is 137 Å². The van der Waals surface area contributed by atoms with Crippen molar-refractivity contribution in [1.29, 1.82) is 0 Å². The third-order valence-corrected chi connectivity index (χ3v) is 12.8. The molecule has 7 atom stereocenters. The Balaban J connectivity index is 0.000000468. The maximum absolute atomic E-state index is 14.0. The van der Waals surface area contributed by atoms with Crippen LogP contribution in [0.25, 0.3) is 5.70 Å². The predicted octanol–water partition coefficient (Wildman–Crippen LogP) is 8.49. The molecule has 348 valence electrons. The van der Waals surface area contributed by atoms with Gasteiger partial charge in [-0.1, -0.05) is 135 Å². The van der Waals surface area contributed by atoms with Gasteiger partial charge in [0.2, 0.25) is 0 Å². The Morgan fingerprint density at radius 1 is 0.938 bits per heavy atom. The van der Waals surface area contributed by atoms with Crippen molar-refractivity contribution in [2.45, 2.75) is 117 Å². The van der Waals surface area contributed by atoms with Crippen LogP contribution in [0.5, 0.6) is 0 Å². The number of esters is 1. The van der Waals surface area contributed by atoms with Gasteiger partial charge in [-0.3, -0.25) is 15.9 Å². The number of nitrogens with two attached hydrogens (primary N) is 1. The number of hydrogen-bond acceptors (Lipinski definition) is 10. The van der Waals surface area contributed by atoms with E-state index in [1.807, 2.05) is 108 Å². The number of fused-ring (bicyclic) bond motifs is 5. The van der Waals surface area contributed by atoms with Gasteiger partial charge < -0.3 is 40.8 Å². The van der Waals surface area contributed by atoms with E-state index in [2.05, 4.69) is 7.28 Å². The summed E-state index contributed by atoms with van der Waals surface area (Å²) in [6, 6.07) is 28.2. The molecule has 64 heavy (non-hydrogen) atoms. The van der Waals surface area contributed by atoms with E-state index in [1.165, 1.54) is 12.5 Å². The minimum absolute atomic E-state index is 0. The molecule has 2 bridgehead atoms. The summed E-state index contributed by atoms with van der Waals surface area (Å²) >= 11 is 0. The summed E-state index contributed by atoms with van der Waals surface area (Å²) in [6.07, 6.45) is 9.09. The maximum Gasteiger partial charge on any atom is 1.00 e. The fraction of sp³-hybridized carbons (Fsp3) is 0.451. The van der Waals surface area contributed by atoms with Gasteiger partial charge >= 0.3 is 31.7 Å². The van der Waals surface area contributed by atoms with Crippen LogP contribution < -0.4 is 5.73 Å². The van der Waals surface area contributed by atoms with Crippen molar-refractivity contribution in [1.82, 2.24) is 0 Å². The first-order valence-corrected chi connectivity index (χ1v) is 21.4. The van der Waals surface area contributed by atoms with Crippen LogP contribution in [-0.4, -0.2) is 81.7 Å². The molecule has 4 aliphatic rings. The van der Waals surface area contributed by atoms with Gasteiger partial charge in [-0.05, 0) is 88.5 Å². The van der Waals surface area contributed by atoms with Crippen molar-refractivity contribution in [3.8, 4) is 0 Å². The van der Waals surface area contributed by atoms with Crippen LogP contribution in [0.1, 0.15) is 102 Å². The molecule has 0 amide bonds. The summed E-state index contributed by atoms with van der Waals surface area (Å²) in [4.78, 5) is 46.0. The smallest absolute Gasteiger partial charge is 0.542 e. The normalized spacial score (nSPS) is 25.7. The Morgan fingerprint density at radius 3 is 1.88 bits per heavy atom. The number of rotatable bonds is 6. The van der Waals surface area contributed by atoms with Crippen molar-refractivity contribution in [3.63, 3.8) is 0 Å². The van der Waals surface area contributed by atoms with E-state index in [0.717, 1.165) is 48.5 Å². The van der Waals surface area contributed by atoms with E-state index < -0.39 is 40.6 Å². The topological polar surface area (TPSA) is 205 Å². The number of aliphatic hydroxyl groups excluding tert-OH is 3. The minimum Gasteiger partial charge on any atom is -0.542 e. The Labute approximate surface area is 394 Å². The van der Waals surface area contributed by atoms with Crippen LogP contribution in [0.15, 0.2) is 121 Å². The first-order chi connectivity index (χ1) is 29.9. The number of allylic oxidation sites excluding steroid dienone is 3. The molecule has 13 heteroatoms. The molecule has 2 saturated carbocycles. The Bertz CT molecular complexity index is 1990. The van der Waals surface area contributed by atoms with Gasteiger partial charge in [0.25, 0.3) is 0 Å². The minimum atomic E-state index is -1.04. The summed E-state index contributed by atoms with van der Waals surface area (Å²) in [5.41, 5.74) is 8.15. The monoisotopic (exact) mass is 1060 g/mol. The van der Waals surface area contributed by atoms with Crippen LogP contribution in [0.3, 0.4) is 0 Å². The average molecular weight is 1060 g/mol. The van der Waals surface area contributed by atoms with Crippen LogP contribution in [0.4, 0.5) is 0 Å². The molecule has 1 heterocycles. The van der Waals surface area contributed by atoms with Crippen LogP contribution in [-0.2, 0) is 45.3 Å². The second-order valence-corrected chi connectivity index (χ2v) is 16.7. The molecule has 7 rings (SSSR count). The molecule has 1 saturated heterocycles. The number of ketones is 1. The van der Waals surface area contributed by atoms with Gasteiger partial charge in [0.05, 0.1) is 28.9 Å². The fourth-order valence-corrected chi connectivity index (χ4v) is 8.93. The summed E-state index contributed by atoms with van der Waals surface area (Å²) in [5.74, 6) is -1.11. The molecular weight excluding hydrogens is 988 g/mol. The molecule has 7 N–H and O–H groups in total. The fourth-order valence-electron chi connectivity index (χ4n) is 8.93. The van der Waals surface area contributed by atoms with Gasteiger partial charge in [0, 0.05) is 25.1 Å². The number of carbonyl (C=O) groups excluding carboxylic acids is 3. The van der Waals surface area contributed by atoms with E-state index in [1.54, 1.807) is 43.3 Å². The van der Waals surface area contributed by atoms with Gasteiger partial charge in [-0.15, -0.1) is 6.42 Å². The molecule has 3 aliphatic carbocycles. The summed E-state index contributed by atoms with van der Waals surface area (Å²) in [7, 11) is 3.23. The van der Waals surface area contributed by atoms with Gasteiger partial charge in [-0.2, -0.15) is 0 Å². The van der Waals surface area contributed by atoms with Crippen LogP contribution in [0, 0.1) is 22.7 Å². The Morgan fingerprint density at radius 2 is 1.45 bits per heavy atom. The molecule has 11 nitrogen and oxygen atoms in total. The third kappa shape index (κ3) is 14.7. The van der Waals surface area contributed by atoms with E-state index >= 15 is 0 Å². The molecule has 2 radical (unpaired) electrons. The zero-order chi connectivity index (χ0) is 47.4. The van der Waals surface area contributed by atoms with Crippen molar-refractivity contribution in [2.24, 2.45) is 28.4 Å². The van der Waals surface area contributed by atoms with Gasteiger partial charge in [-0.25, -0.2) is 4.79 Å². The van der Waals surface area contributed by atoms with E-state index in [0.29, 0.717) is 49.4 Å². The molecule has 0 spiro atoms. The second-order valence-electron chi connectivity index (χ2n) is 16.7. The molecule has 3 aromatic rings. The number of ether oxygens (including phenoxy) is 1. The molecule has 3 aromatic carbocycles. The number of benzene rings is 3.